The smallest absolute Gasteiger partial charge is 0.233 e. The Morgan fingerprint density at radius 1 is 1.33 bits per heavy atom. The van der Waals surface area contributed by atoms with Crippen LogP contribution in [0, 0.1) is 5.92 Å². The first kappa shape index (κ1) is 12.5. The zero-order valence-corrected chi connectivity index (χ0v) is 10.0. The Morgan fingerprint density at radius 2 is 2.07 bits per heavy atom. The highest BCUT2D eigenvalue weighted by Gasteiger charge is 2.20. The molecule has 88 valence electrons. The number of rotatable bonds is 5. The zero-order valence-electron chi connectivity index (χ0n) is 10.0. The van der Waals surface area contributed by atoms with Crippen molar-refractivity contribution in [2.45, 2.75) is 52.0 Å². The Kier molecular flexibility index (Phi) is 5.69. The largest absolute Gasteiger partial charge is 0.355 e. The minimum Gasteiger partial charge on any atom is -0.355 e. The van der Waals surface area contributed by atoms with Gasteiger partial charge in [0, 0.05) is 12.6 Å². The normalized spacial score (nSPS) is 26.3. The van der Waals surface area contributed by atoms with E-state index in [1.165, 1.54) is 25.7 Å². The van der Waals surface area contributed by atoms with Gasteiger partial charge in [0.25, 0.3) is 0 Å². The van der Waals surface area contributed by atoms with Crippen molar-refractivity contribution < 1.29 is 4.79 Å². The van der Waals surface area contributed by atoms with E-state index >= 15 is 0 Å². The summed E-state index contributed by atoms with van der Waals surface area (Å²) in [6.45, 7) is 5.62. The quantitative estimate of drug-likeness (QED) is 0.728. The van der Waals surface area contributed by atoms with Gasteiger partial charge >= 0.3 is 0 Å². The van der Waals surface area contributed by atoms with Crippen molar-refractivity contribution in [3.8, 4) is 0 Å². The first-order chi connectivity index (χ1) is 7.24. The van der Waals surface area contributed by atoms with E-state index in [2.05, 4.69) is 24.5 Å². The molecule has 0 aromatic heterocycles. The predicted octanol–water partition coefficient (Wildman–Crippen LogP) is 1.68. The highest BCUT2D eigenvalue weighted by molar-refractivity contribution is 5.77. The summed E-state index contributed by atoms with van der Waals surface area (Å²) in [6.07, 6.45) is 6.18. The SMILES string of the molecule is CCCNC(=O)CNC1CCCCC1C. The molecule has 1 aliphatic rings. The molecular formula is C12H24N2O. The summed E-state index contributed by atoms with van der Waals surface area (Å²) in [4.78, 5) is 11.4. The van der Waals surface area contributed by atoms with Gasteiger partial charge in [-0.2, -0.15) is 0 Å². The first-order valence-corrected chi connectivity index (χ1v) is 6.24. The molecule has 1 aliphatic carbocycles. The lowest BCUT2D eigenvalue weighted by molar-refractivity contribution is -0.120. The molecule has 0 heterocycles. The second-order valence-corrected chi connectivity index (χ2v) is 4.60. The molecule has 1 fully saturated rings. The predicted molar refractivity (Wildman–Crippen MR) is 62.7 cm³/mol. The molecule has 0 saturated heterocycles. The van der Waals surface area contributed by atoms with Gasteiger partial charge in [0.05, 0.1) is 6.54 Å². The van der Waals surface area contributed by atoms with Crippen LogP contribution in [0.25, 0.3) is 0 Å². The van der Waals surface area contributed by atoms with Crippen LogP contribution >= 0.6 is 0 Å². The summed E-state index contributed by atoms with van der Waals surface area (Å²) in [7, 11) is 0. The van der Waals surface area contributed by atoms with Gasteiger partial charge in [-0.1, -0.05) is 26.7 Å². The molecule has 2 atom stereocenters. The van der Waals surface area contributed by atoms with Gasteiger partial charge in [-0.3, -0.25) is 4.79 Å². The fraction of sp³-hybridized carbons (Fsp3) is 0.917. The molecule has 1 saturated carbocycles. The number of carbonyl (C=O) groups is 1. The lowest BCUT2D eigenvalue weighted by Crippen LogP contribution is -2.43. The van der Waals surface area contributed by atoms with Crippen LogP contribution in [0.2, 0.25) is 0 Å². The van der Waals surface area contributed by atoms with Crippen LogP contribution < -0.4 is 10.6 Å². The van der Waals surface area contributed by atoms with Crippen molar-refractivity contribution in [1.29, 1.82) is 0 Å². The van der Waals surface area contributed by atoms with Crippen molar-refractivity contribution in [2.75, 3.05) is 13.1 Å². The lowest BCUT2D eigenvalue weighted by Gasteiger charge is -2.29. The fourth-order valence-electron chi connectivity index (χ4n) is 2.17. The maximum atomic E-state index is 11.4. The van der Waals surface area contributed by atoms with Gasteiger partial charge in [0.2, 0.25) is 5.91 Å². The summed E-state index contributed by atoms with van der Waals surface area (Å²) in [5, 5.41) is 6.25. The number of hydrogen-bond acceptors (Lipinski definition) is 2. The van der Waals surface area contributed by atoms with Crippen molar-refractivity contribution in [3.63, 3.8) is 0 Å². The number of nitrogens with one attached hydrogen (secondary N) is 2. The molecule has 0 spiro atoms. The summed E-state index contributed by atoms with van der Waals surface area (Å²) in [5.41, 5.74) is 0. The van der Waals surface area contributed by atoms with Crippen molar-refractivity contribution in [1.82, 2.24) is 10.6 Å². The molecular weight excluding hydrogens is 188 g/mol. The van der Waals surface area contributed by atoms with Crippen LogP contribution in [-0.4, -0.2) is 25.0 Å². The molecule has 0 aromatic rings. The third-order valence-corrected chi connectivity index (χ3v) is 3.21. The van der Waals surface area contributed by atoms with Gasteiger partial charge in [0.15, 0.2) is 0 Å². The molecule has 1 rings (SSSR count). The maximum Gasteiger partial charge on any atom is 0.233 e. The van der Waals surface area contributed by atoms with Crippen LogP contribution in [0.5, 0.6) is 0 Å². The van der Waals surface area contributed by atoms with Crippen LogP contribution in [0.3, 0.4) is 0 Å². The van der Waals surface area contributed by atoms with Crippen molar-refractivity contribution >= 4 is 5.91 Å². The molecule has 2 N–H and O–H groups in total. The van der Waals surface area contributed by atoms with Gasteiger partial charge in [-0.15, -0.1) is 0 Å². The topological polar surface area (TPSA) is 41.1 Å². The van der Waals surface area contributed by atoms with Crippen LogP contribution in [0.1, 0.15) is 46.0 Å². The zero-order chi connectivity index (χ0) is 11.1. The van der Waals surface area contributed by atoms with E-state index in [1.807, 2.05) is 0 Å². The van der Waals surface area contributed by atoms with Crippen molar-refractivity contribution in [2.24, 2.45) is 5.92 Å². The van der Waals surface area contributed by atoms with Crippen LogP contribution in [0.15, 0.2) is 0 Å². The minimum absolute atomic E-state index is 0.134. The molecule has 0 aromatic carbocycles. The summed E-state index contributed by atoms with van der Waals surface area (Å²) >= 11 is 0. The summed E-state index contributed by atoms with van der Waals surface area (Å²) in [5.74, 6) is 0.854. The average Bonchev–Trinajstić information content (AvgIpc) is 2.25. The van der Waals surface area contributed by atoms with Gasteiger partial charge in [-0.25, -0.2) is 0 Å². The van der Waals surface area contributed by atoms with E-state index in [0.29, 0.717) is 12.6 Å². The number of hydrogen-bond donors (Lipinski definition) is 2. The van der Waals surface area contributed by atoms with Gasteiger partial charge in [0.1, 0.15) is 0 Å². The van der Waals surface area contributed by atoms with E-state index < -0.39 is 0 Å². The second-order valence-electron chi connectivity index (χ2n) is 4.60. The van der Waals surface area contributed by atoms with E-state index in [-0.39, 0.29) is 5.91 Å². The van der Waals surface area contributed by atoms with E-state index in [1.54, 1.807) is 0 Å². The lowest BCUT2D eigenvalue weighted by atomic mass is 9.86. The highest BCUT2D eigenvalue weighted by atomic mass is 16.1. The molecule has 2 unspecified atom stereocenters. The molecule has 3 nitrogen and oxygen atoms in total. The Balaban J connectivity index is 2.14. The van der Waals surface area contributed by atoms with E-state index in [9.17, 15) is 4.79 Å². The monoisotopic (exact) mass is 212 g/mol. The summed E-state index contributed by atoms with van der Waals surface area (Å²) < 4.78 is 0. The summed E-state index contributed by atoms with van der Waals surface area (Å²) in [6, 6.07) is 0.547. The Labute approximate surface area is 93.0 Å². The molecule has 0 radical (unpaired) electrons. The third kappa shape index (κ3) is 4.65. The highest BCUT2D eigenvalue weighted by Crippen LogP contribution is 2.23. The third-order valence-electron chi connectivity index (χ3n) is 3.21. The van der Waals surface area contributed by atoms with Crippen molar-refractivity contribution in [3.05, 3.63) is 0 Å². The average molecular weight is 212 g/mol. The van der Waals surface area contributed by atoms with Gasteiger partial charge in [-0.05, 0) is 25.2 Å². The molecule has 0 aliphatic heterocycles. The second kappa shape index (κ2) is 6.83. The molecule has 15 heavy (non-hydrogen) atoms. The van der Waals surface area contributed by atoms with Crippen LogP contribution in [0.4, 0.5) is 0 Å². The Hall–Kier alpha value is -0.570. The number of carbonyl (C=O) groups excluding carboxylic acids is 1. The molecule has 1 amide bonds. The Bertz CT molecular complexity index is 194. The minimum atomic E-state index is 0.134. The number of amides is 1. The standard InChI is InChI=1S/C12H24N2O/c1-3-8-13-12(15)9-14-11-7-5-4-6-10(11)2/h10-11,14H,3-9H2,1-2H3,(H,13,15). The first-order valence-electron chi connectivity index (χ1n) is 6.24. The maximum absolute atomic E-state index is 11.4. The van der Waals surface area contributed by atoms with E-state index in [4.69, 9.17) is 0 Å². The van der Waals surface area contributed by atoms with Gasteiger partial charge < -0.3 is 10.6 Å². The molecule has 0 bridgehead atoms. The van der Waals surface area contributed by atoms with E-state index in [0.717, 1.165) is 18.9 Å². The van der Waals surface area contributed by atoms with Crippen LogP contribution in [-0.2, 0) is 4.79 Å². The Morgan fingerprint density at radius 3 is 2.73 bits per heavy atom. The fourth-order valence-corrected chi connectivity index (χ4v) is 2.17. The molecule has 3 heteroatoms.